The molecule has 6 nitrogen and oxygen atoms in total. The van der Waals surface area contributed by atoms with Crippen LogP contribution in [0, 0.1) is 11.8 Å². The summed E-state index contributed by atoms with van der Waals surface area (Å²) in [5.74, 6) is 5.63. The molecule has 1 aromatic carbocycles. The van der Waals surface area contributed by atoms with Gasteiger partial charge in [0.05, 0.1) is 19.2 Å². The molecule has 1 fully saturated rings. The molecule has 1 aliphatic rings. The van der Waals surface area contributed by atoms with E-state index in [9.17, 15) is 14.7 Å². The van der Waals surface area contributed by atoms with E-state index in [1.807, 2.05) is 17.1 Å². The van der Waals surface area contributed by atoms with E-state index >= 15 is 0 Å². The molecule has 1 amide bonds. The van der Waals surface area contributed by atoms with Crippen molar-refractivity contribution in [3.63, 3.8) is 0 Å². The molecule has 28 heavy (non-hydrogen) atoms. The third kappa shape index (κ3) is 6.66. The van der Waals surface area contributed by atoms with Crippen molar-refractivity contribution >= 4 is 11.9 Å². The van der Waals surface area contributed by atoms with Crippen LogP contribution in [0.25, 0.3) is 0 Å². The molecule has 1 aliphatic heterocycles. The Morgan fingerprint density at radius 3 is 2.71 bits per heavy atom. The number of hydrazine groups is 1. The van der Waals surface area contributed by atoms with E-state index in [2.05, 4.69) is 18.8 Å². The van der Waals surface area contributed by atoms with Gasteiger partial charge in [-0.25, -0.2) is 9.80 Å². The number of hydrogen-bond donors (Lipinski definition) is 1. The van der Waals surface area contributed by atoms with Crippen LogP contribution in [0.1, 0.15) is 54.9 Å². The van der Waals surface area contributed by atoms with Crippen molar-refractivity contribution < 1.29 is 19.4 Å². The fourth-order valence-electron chi connectivity index (χ4n) is 3.14. The fraction of sp³-hybridized carbons (Fsp3) is 0.545. The Labute approximate surface area is 167 Å². The molecule has 0 bridgehead atoms. The summed E-state index contributed by atoms with van der Waals surface area (Å²) in [6.45, 7) is 3.79. The van der Waals surface area contributed by atoms with E-state index in [0.29, 0.717) is 44.5 Å². The van der Waals surface area contributed by atoms with Crippen LogP contribution in [0.15, 0.2) is 24.3 Å². The minimum atomic E-state index is -0.591. The fourth-order valence-corrected chi connectivity index (χ4v) is 3.14. The lowest BCUT2D eigenvalue weighted by molar-refractivity contribution is -0.137. The van der Waals surface area contributed by atoms with Crippen molar-refractivity contribution in [3.05, 3.63) is 35.4 Å². The van der Waals surface area contributed by atoms with Gasteiger partial charge < -0.3 is 9.84 Å². The number of aliphatic hydroxyl groups excluding tert-OH is 1. The first-order valence-electron chi connectivity index (χ1n) is 9.94. The van der Waals surface area contributed by atoms with Crippen molar-refractivity contribution in [3.8, 4) is 11.8 Å². The largest absolute Gasteiger partial charge is 0.465 e. The molecule has 2 rings (SSSR count). The average Bonchev–Trinajstić information content (AvgIpc) is 3.06. The number of aliphatic hydroxyl groups is 1. The van der Waals surface area contributed by atoms with Crippen LogP contribution >= 0.6 is 0 Å². The van der Waals surface area contributed by atoms with Gasteiger partial charge in [-0.3, -0.25) is 9.80 Å². The highest BCUT2D eigenvalue weighted by Gasteiger charge is 2.27. The Morgan fingerprint density at radius 1 is 1.29 bits per heavy atom. The van der Waals surface area contributed by atoms with Crippen molar-refractivity contribution in [2.24, 2.45) is 0 Å². The summed E-state index contributed by atoms with van der Waals surface area (Å²) >= 11 is 0. The van der Waals surface area contributed by atoms with Gasteiger partial charge in [-0.1, -0.05) is 43.7 Å². The van der Waals surface area contributed by atoms with Gasteiger partial charge in [-0.15, -0.1) is 0 Å². The van der Waals surface area contributed by atoms with E-state index in [1.165, 1.54) is 7.11 Å². The number of carbonyl (C=O) groups excluding carboxylic acids is 2. The number of esters is 1. The molecule has 1 unspecified atom stereocenters. The number of rotatable bonds is 9. The van der Waals surface area contributed by atoms with Crippen LogP contribution in [0.2, 0.25) is 0 Å². The highest BCUT2D eigenvalue weighted by molar-refractivity contribution is 5.89. The topological polar surface area (TPSA) is 70.1 Å². The minimum absolute atomic E-state index is 0.0940. The predicted molar refractivity (Wildman–Crippen MR) is 107 cm³/mol. The van der Waals surface area contributed by atoms with Crippen LogP contribution in [-0.4, -0.2) is 59.8 Å². The lowest BCUT2D eigenvalue weighted by Gasteiger charge is -2.26. The first-order chi connectivity index (χ1) is 13.5. The zero-order valence-electron chi connectivity index (χ0n) is 16.8. The van der Waals surface area contributed by atoms with Crippen LogP contribution in [0.3, 0.4) is 0 Å². The third-order valence-corrected chi connectivity index (χ3v) is 4.81. The van der Waals surface area contributed by atoms with E-state index in [-0.39, 0.29) is 11.9 Å². The number of ether oxygens (including phenoxy) is 1. The van der Waals surface area contributed by atoms with Crippen LogP contribution in [0.5, 0.6) is 0 Å². The zero-order valence-corrected chi connectivity index (χ0v) is 16.8. The summed E-state index contributed by atoms with van der Waals surface area (Å²) in [6, 6.07) is 7.22. The van der Waals surface area contributed by atoms with Crippen molar-refractivity contribution in [1.82, 2.24) is 10.0 Å². The smallest absolute Gasteiger partial charge is 0.337 e. The number of unbranched alkanes of at least 4 members (excludes halogenated alkanes) is 2. The van der Waals surface area contributed by atoms with Crippen LogP contribution in [-0.2, 0) is 16.0 Å². The summed E-state index contributed by atoms with van der Waals surface area (Å²) in [5, 5.41) is 13.6. The van der Waals surface area contributed by atoms with Gasteiger partial charge in [-0.2, -0.15) is 0 Å². The van der Waals surface area contributed by atoms with Gasteiger partial charge in [0.2, 0.25) is 5.91 Å². The summed E-state index contributed by atoms with van der Waals surface area (Å²) in [5.41, 5.74) is 1.56. The molecule has 1 N–H and O–H groups in total. The number of methoxy groups -OCH3 is 1. The molecule has 152 valence electrons. The predicted octanol–water partition coefficient (Wildman–Crippen LogP) is 2.41. The van der Waals surface area contributed by atoms with Gasteiger partial charge in [0.1, 0.15) is 6.10 Å². The molecule has 6 heteroatoms. The maximum absolute atomic E-state index is 12.2. The van der Waals surface area contributed by atoms with E-state index in [4.69, 9.17) is 4.74 Å². The monoisotopic (exact) mass is 386 g/mol. The van der Waals surface area contributed by atoms with Crippen LogP contribution in [0.4, 0.5) is 0 Å². The highest BCUT2D eigenvalue weighted by Crippen LogP contribution is 2.14. The molecule has 1 saturated heterocycles. The number of nitrogens with zero attached hydrogens (tertiary/aromatic N) is 2. The lowest BCUT2D eigenvalue weighted by Crippen LogP contribution is -2.40. The molecule has 1 aromatic rings. The Morgan fingerprint density at radius 2 is 2.04 bits per heavy atom. The maximum atomic E-state index is 12.2. The third-order valence-electron chi connectivity index (χ3n) is 4.81. The molecule has 0 aromatic heterocycles. The molecule has 0 saturated carbocycles. The Balaban J connectivity index is 1.84. The second-order valence-electron chi connectivity index (χ2n) is 6.93. The van der Waals surface area contributed by atoms with E-state index < -0.39 is 6.10 Å². The molecule has 1 atom stereocenters. The summed E-state index contributed by atoms with van der Waals surface area (Å²) in [6.07, 6.45) is 4.50. The number of benzene rings is 1. The quantitative estimate of drug-likeness (QED) is 0.401. The van der Waals surface area contributed by atoms with Gasteiger partial charge >= 0.3 is 5.97 Å². The average molecular weight is 386 g/mol. The SMILES string of the molecule is CCCCCC(O)C#CCN1CCC(=O)N1CCc1ccc(C(=O)OC)cc1. The second-order valence-corrected chi connectivity index (χ2v) is 6.93. The highest BCUT2D eigenvalue weighted by atomic mass is 16.5. The van der Waals surface area contributed by atoms with Crippen molar-refractivity contribution in [1.29, 1.82) is 0 Å². The van der Waals surface area contributed by atoms with Gasteiger partial charge in [0, 0.05) is 19.5 Å². The van der Waals surface area contributed by atoms with Crippen molar-refractivity contribution in [2.45, 2.75) is 51.6 Å². The molecular weight excluding hydrogens is 356 g/mol. The summed E-state index contributed by atoms with van der Waals surface area (Å²) in [7, 11) is 1.36. The normalized spacial score (nSPS) is 15.2. The second kappa shape index (κ2) is 11.5. The maximum Gasteiger partial charge on any atom is 0.337 e. The molecule has 0 aliphatic carbocycles. The number of hydrogen-bond acceptors (Lipinski definition) is 5. The first kappa shape index (κ1) is 21.9. The molecular formula is C22H30N2O4. The summed E-state index contributed by atoms with van der Waals surface area (Å²) in [4.78, 5) is 23.7. The Kier molecular flexibility index (Phi) is 8.99. The van der Waals surface area contributed by atoms with E-state index in [0.717, 1.165) is 24.8 Å². The van der Waals surface area contributed by atoms with E-state index in [1.54, 1.807) is 17.1 Å². The number of amides is 1. The molecule has 0 spiro atoms. The zero-order chi connectivity index (χ0) is 20.4. The number of carbonyl (C=O) groups is 2. The molecule has 1 heterocycles. The van der Waals surface area contributed by atoms with Gasteiger partial charge in [0.25, 0.3) is 0 Å². The lowest BCUT2D eigenvalue weighted by atomic mass is 10.1. The van der Waals surface area contributed by atoms with Crippen LogP contribution < -0.4 is 0 Å². The standard InChI is InChI=1S/C22H30N2O4/c1-3-4-5-7-20(25)8-6-15-23-16-14-21(26)24(23)17-13-18-9-11-19(12-10-18)22(27)28-2/h9-12,20,25H,3-5,7,13-17H2,1-2H3. The first-order valence-corrected chi connectivity index (χ1v) is 9.94. The van der Waals surface area contributed by atoms with Gasteiger partial charge in [-0.05, 0) is 37.0 Å². The summed E-state index contributed by atoms with van der Waals surface area (Å²) < 4.78 is 4.70. The Bertz CT molecular complexity index is 705. The van der Waals surface area contributed by atoms with Crippen molar-refractivity contribution in [2.75, 3.05) is 26.7 Å². The Hall–Kier alpha value is -2.36. The molecule has 0 radical (unpaired) electrons. The van der Waals surface area contributed by atoms with Gasteiger partial charge in [0.15, 0.2) is 0 Å². The minimum Gasteiger partial charge on any atom is -0.465 e.